The molecule has 2 aromatic carbocycles. The summed E-state index contributed by atoms with van der Waals surface area (Å²) >= 11 is 0. The van der Waals surface area contributed by atoms with Crippen molar-refractivity contribution in [2.24, 2.45) is 5.92 Å². The molecule has 216 valence electrons. The third kappa shape index (κ3) is 5.57. The summed E-state index contributed by atoms with van der Waals surface area (Å²) < 4.78 is 0. The van der Waals surface area contributed by atoms with Crippen LogP contribution in [0.5, 0.6) is 0 Å². The lowest BCUT2D eigenvalue weighted by Gasteiger charge is -2.35. The predicted molar refractivity (Wildman–Crippen MR) is 185 cm³/mol. The van der Waals surface area contributed by atoms with Crippen molar-refractivity contribution in [1.82, 2.24) is 0 Å². The first-order valence-electron chi connectivity index (χ1n) is 15.9. The minimum Gasteiger partial charge on any atom is -0.0955 e. The lowest BCUT2D eigenvalue weighted by atomic mass is 9.68. The van der Waals surface area contributed by atoms with Gasteiger partial charge in [-0.15, -0.1) is 0 Å². The predicted octanol–water partition coefficient (Wildman–Crippen LogP) is 11.8. The lowest BCUT2D eigenvalue weighted by Crippen LogP contribution is -2.21. The smallest absolute Gasteiger partial charge is 0.0201 e. The highest BCUT2D eigenvalue weighted by atomic mass is 14.4. The summed E-state index contributed by atoms with van der Waals surface area (Å²) in [6.07, 6.45) is 15.8. The summed E-state index contributed by atoms with van der Waals surface area (Å²) in [7, 11) is 0. The Balaban J connectivity index is 1.46. The van der Waals surface area contributed by atoms with Gasteiger partial charge in [-0.25, -0.2) is 0 Å². The van der Waals surface area contributed by atoms with Gasteiger partial charge in [0, 0.05) is 11.8 Å². The Morgan fingerprint density at radius 2 is 1.67 bits per heavy atom. The molecule has 0 spiro atoms. The van der Waals surface area contributed by atoms with Crippen LogP contribution in [-0.2, 0) is 12.8 Å². The van der Waals surface area contributed by atoms with Crippen LogP contribution in [0.2, 0.25) is 0 Å². The summed E-state index contributed by atoms with van der Waals surface area (Å²) in [6.45, 7) is 26.9. The average Bonchev–Trinajstić information content (AvgIpc) is 3.55. The fourth-order valence-electron chi connectivity index (χ4n) is 7.48. The van der Waals surface area contributed by atoms with E-state index in [9.17, 15) is 0 Å². The Morgan fingerprint density at radius 1 is 0.905 bits per heavy atom. The summed E-state index contributed by atoms with van der Waals surface area (Å²) in [5, 5.41) is 0. The van der Waals surface area contributed by atoms with Crippen molar-refractivity contribution in [1.29, 1.82) is 0 Å². The standard InChI is InChI=1S/C42H48/c1-10-13-27(6)40-29(8)21-38-25-37(30(9)41(38)42(40)36-17-16-32(11-2)33(12-3)24-36)23-31-14-15-35(22-31)39-19-18-34(26(4)5)20-28(39)7/h14-21,23-24,41-42H,4,6,9-13,22,25H2,1-3,5,7-8H3. The van der Waals surface area contributed by atoms with Gasteiger partial charge in [-0.3, -0.25) is 0 Å². The highest BCUT2D eigenvalue weighted by Gasteiger charge is 2.41. The molecule has 1 fully saturated rings. The van der Waals surface area contributed by atoms with Gasteiger partial charge in [0.15, 0.2) is 0 Å². The van der Waals surface area contributed by atoms with Gasteiger partial charge in [0.25, 0.3) is 0 Å². The van der Waals surface area contributed by atoms with E-state index < -0.39 is 0 Å². The van der Waals surface area contributed by atoms with Crippen molar-refractivity contribution in [3.05, 3.63) is 153 Å². The average molecular weight is 553 g/mol. The highest BCUT2D eigenvalue weighted by molar-refractivity contribution is 5.77. The fraction of sp³-hybridized carbons (Fsp3) is 0.333. The molecule has 3 aliphatic carbocycles. The minimum absolute atomic E-state index is 0.277. The molecule has 2 unspecified atom stereocenters. The Bertz CT molecular complexity index is 1620. The molecular weight excluding hydrogens is 504 g/mol. The molecular formula is C42H48. The number of hydrogen-bond acceptors (Lipinski definition) is 0. The molecule has 0 nitrogen and oxygen atoms in total. The van der Waals surface area contributed by atoms with E-state index in [1.807, 2.05) is 0 Å². The fourth-order valence-corrected chi connectivity index (χ4v) is 7.48. The van der Waals surface area contributed by atoms with Gasteiger partial charge >= 0.3 is 0 Å². The van der Waals surface area contributed by atoms with Gasteiger partial charge in [0.2, 0.25) is 0 Å². The van der Waals surface area contributed by atoms with Crippen LogP contribution >= 0.6 is 0 Å². The molecule has 3 aliphatic rings. The molecule has 0 bridgehead atoms. The van der Waals surface area contributed by atoms with Gasteiger partial charge in [0.1, 0.15) is 0 Å². The van der Waals surface area contributed by atoms with Gasteiger partial charge in [-0.1, -0.05) is 124 Å². The lowest BCUT2D eigenvalue weighted by molar-refractivity contribution is 0.618. The van der Waals surface area contributed by atoms with E-state index in [0.717, 1.165) is 44.1 Å². The van der Waals surface area contributed by atoms with Crippen molar-refractivity contribution >= 4 is 11.1 Å². The Labute approximate surface area is 255 Å². The molecule has 0 amide bonds. The molecule has 0 heteroatoms. The van der Waals surface area contributed by atoms with E-state index in [-0.39, 0.29) is 5.92 Å². The number of benzene rings is 2. The number of rotatable bonds is 9. The van der Waals surface area contributed by atoms with Crippen LogP contribution in [0.15, 0.2) is 119 Å². The molecule has 0 N–H and O–H groups in total. The minimum atomic E-state index is 0.277. The van der Waals surface area contributed by atoms with Crippen LogP contribution in [0.1, 0.15) is 99.6 Å². The summed E-state index contributed by atoms with van der Waals surface area (Å²) in [5.41, 5.74) is 20.4. The summed E-state index contributed by atoms with van der Waals surface area (Å²) in [5.74, 6) is 0.575. The second-order valence-electron chi connectivity index (χ2n) is 12.7. The number of aryl methyl sites for hydroxylation is 3. The molecule has 0 heterocycles. The summed E-state index contributed by atoms with van der Waals surface area (Å²) in [4.78, 5) is 0. The Kier molecular flexibility index (Phi) is 8.74. The van der Waals surface area contributed by atoms with E-state index >= 15 is 0 Å². The van der Waals surface area contributed by atoms with Gasteiger partial charge in [0.05, 0.1) is 0 Å². The van der Waals surface area contributed by atoms with Gasteiger partial charge < -0.3 is 0 Å². The zero-order valence-electron chi connectivity index (χ0n) is 26.8. The quantitative estimate of drug-likeness (QED) is 0.290. The van der Waals surface area contributed by atoms with E-state index in [1.165, 1.54) is 78.0 Å². The molecule has 1 saturated carbocycles. The van der Waals surface area contributed by atoms with Crippen molar-refractivity contribution in [3.63, 3.8) is 0 Å². The topological polar surface area (TPSA) is 0 Å². The first kappa shape index (κ1) is 29.8. The van der Waals surface area contributed by atoms with Gasteiger partial charge in [-0.2, -0.15) is 0 Å². The van der Waals surface area contributed by atoms with E-state index in [2.05, 4.69) is 115 Å². The third-order valence-corrected chi connectivity index (χ3v) is 9.65. The molecule has 0 radical (unpaired) electrons. The largest absolute Gasteiger partial charge is 0.0955 e. The second-order valence-corrected chi connectivity index (χ2v) is 12.7. The van der Waals surface area contributed by atoms with Crippen molar-refractivity contribution < 1.29 is 0 Å². The van der Waals surface area contributed by atoms with Crippen molar-refractivity contribution in [2.75, 3.05) is 0 Å². The molecule has 0 aromatic heterocycles. The summed E-state index contributed by atoms with van der Waals surface area (Å²) in [6, 6.07) is 14.0. The Hall–Kier alpha value is -3.64. The van der Waals surface area contributed by atoms with Crippen LogP contribution in [0.25, 0.3) is 11.1 Å². The first-order valence-corrected chi connectivity index (χ1v) is 15.9. The number of fused-ring (bicyclic) bond motifs is 1. The maximum absolute atomic E-state index is 4.78. The van der Waals surface area contributed by atoms with Crippen LogP contribution < -0.4 is 0 Å². The van der Waals surface area contributed by atoms with Gasteiger partial charge in [-0.05, 0) is 120 Å². The highest BCUT2D eigenvalue weighted by Crippen LogP contribution is 2.55. The van der Waals surface area contributed by atoms with Crippen LogP contribution in [0.3, 0.4) is 0 Å². The Morgan fingerprint density at radius 3 is 2.33 bits per heavy atom. The third-order valence-electron chi connectivity index (χ3n) is 9.65. The van der Waals surface area contributed by atoms with Crippen LogP contribution in [0.4, 0.5) is 0 Å². The van der Waals surface area contributed by atoms with E-state index in [1.54, 1.807) is 0 Å². The van der Waals surface area contributed by atoms with Crippen LogP contribution in [0, 0.1) is 12.8 Å². The van der Waals surface area contributed by atoms with Crippen molar-refractivity contribution in [3.8, 4) is 0 Å². The second kappa shape index (κ2) is 12.3. The monoisotopic (exact) mass is 552 g/mol. The first-order chi connectivity index (χ1) is 20.2. The number of hydrogen-bond donors (Lipinski definition) is 0. The molecule has 0 aliphatic heterocycles. The molecule has 0 saturated heterocycles. The number of allylic oxidation sites excluding steroid dienone is 13. The maximum Gasteiger partial charge on any atom is 0.0201 e. The molecule has 2 atom stereocenters. The SMILES string of the molecule is C=C(CCC)C1=C(C)C=C2CC(=CC3=CC=C(c4ccc(C(=C)C)cc4C)C3)C(=C)C2C1c1ccc(CC)c(CC)c1. The van der Waals surface area contributed by atoms with Crippen LogP contribution in [-0.4, -0.2) is 0 Å². The molecule has 5 rings (SSSR count). The zero-order valence-corrected chi connectivity index (χ0v) is 26.8. The molecule has 42 heavy (non-hydrogen) atoms. The van der Waals surface area contributed by atoms with E-state index in [4.69, 9.17) is 6.58 Å². The normalized spacial score (nSPS) is 21.0. The van der Waals surface area contributed by atoms with E-state index in [0.29, 0.717) is 5.92 Å². The zero-order chi connectivity index (χ0) is 30.1. The van der Waals surface area contributed by atoms with Crippen molar-refractivity contribution in [2.45, 2.75) is 86.0 Å². The molecule has 2 aromatic rings. The maximum atomic E-state index is 4.78.